The van der Waals surface area contributed by atoms with Crippen LogP contribution in [0.1, 0.15) is 22.9 Å². The summed E-state index contributed by atoms with van der Waals surface area (Å²) < 4.78 is 51.6. The van der Waals surface area contributed by atoms with Crippen LogP contribution in [-0.2, 0) is 6.18 Å². The van der Waals surface area contributed by atoms with Gasteiger partial charge in [0, 0.05) is 44.4 Å². The van der Waals surface area contributed by atoms with Gasteiger partial charge in [-0.2, -0.15) is 18.2 Å². The summed E-state index contributed by atoms with van der Waals surface area (Å²) in [7, 11) is 1.52. The van der Waals surface area contributed by atoms with Crippen LogP contribution in [0.5, 0.6) is 11.6 Å². The Hall–Kier alpha value is -3.95. The molecule has 5 rings (SSSR count). The predicted octanol–water partition coefficient (Wildman–Crippen LogP) is 5.96. The van der Waals surface area contributed by atoms with Crippen LogP contribution in [0.3, 0.4) is 0 Å². The molecule has 1 aliphatic rings. The van der Waals surface area contributed by atoms with Crippen molar-refractivity contribution < 1.29 is 22.6 Å². The molecular formula is C31H31F3N4O2. The van der Waals surface area contributed by atoms with Gasteiger partial charge in [-0.25, -0.2) is 4.98 Å². The monoisotopic (exact) mass is 548 g/mol. The van der Waals surface area contributed by atoms with Gasteiger partial charge in [0.25, 0.3) is 0 Å². The second-order valence-electron chi connectivity index (χ2n) is 9.59. The second-order valence-corrected chi connectivity index (χ2v) is 9.59. The molecule has 1 saturated heterocycles. The van der Waals surface area contributed by atoms with E-state index >= 15 is 0 Å². The molecule has 0 unspecified atom stereocenters. The Morgan fingerprint density at radius 1 is 0.800 bits per heavy atom. The Kier molecular flexibility index (Phi) is 8.62. The lowest BCUT2D eigenvalue weighted by Gasteiger charge is -2.39. The van der Waals surface area contributed by atoms with Crippen LogP contribution in [0.4, 0.5) is 13.2 Å². The fourth-order valence-electron chi connectivity index (χ4n) is 4.92. The lowest BCUT2D eigenvalue weighted by molar-refractivity contribution is -0.141. The molecule has 208 valence electrons. The standard InChI is InChI=1S/C31H31F3N4O2/c1-39-26-14-12-25(13-15-26)30-35-27(31(32,33)34)22-28(36-30)40-21-20-37-16-18-38(19-17-37)29(23-8-4-2-5-9-23)24-10-6-3-7-11-24/h2-15,22,29H,16-21H2,1H3. The Balaban J connectivity index is 1.22. The molecule has 0 amide bonds. The van der Waals surface area contributed by atoms with Crippen molar-refractivity contribution in [2.75, 3.05) is 46.4 Å². The number of alkyl halides is 3. The average Bonchev–Trinajstić information content (AvgIpc) is 2.99. The number of hydrogen-bond acceptors (Lipinski definition) is 6. The Morgan fingerprint density at radius 3 is 1.95 bits per heavy atom. The molecule has 0 N–H and O–H groups in total. The van der Waals surface area contributed by atoms with E-state index in [2.05, 4.69) is 68.3 Å². The fraction of sp³-hybridized carbons (Fsp3) is 0.290. The molecule has 0 aliphatic carbocycles. The van der Waals surface area contributed by atoms with Gasteiger partial charge >= 0.3 is 6.18 Å². The van der Waals surface area contributed by atoms with Crippen molar-refractivity contribution in [3.8, 4) is 23.0 Å². The zero-order valence-corrected chi connectivity index (χ0v) is 22.2. The van der Waals surface area contributed by atoms with Crippen LogP contribution in [0.2, 0.25) is 0 Å². The molecule has 9 heteroatoms. The number of nitrogens with zero attached hydrogens (tertiary/aromatic N) is 4. The SMILES string of the molecule is COc1ccc(-c2nc(OCCN3CCN(C(c4ccccc4)c4ccccc4)CC3)cc(C(F)(F)F)n2)cc1. The first-order chi connectivity index (χ1) is 19.4. The van der Waals surface area contributed by atoms with Gasteiger partial charge in [-0.15, -0.1) is 0 Å². The van der Waals surface area contributed by atoms with E-state index in [1.807, 2.05) is 12.1 Å². The first-order valence-electron chi connectivity index (χ1n) is 13.2. The summed E-state index contributed by atoms with van der Waals surface area (Å²) in [5.41, 5.74) is 1.91. The van der Waals surface area contributed by atoms with Crippen molar-refractivity contribution in [1.29, 1.82) is 0 Å². The molecule has 0 radical (unpaired) electrons. The molecule has 1 aromatic heterocycles. The maximum atomic E-state index is 13.6. The summed E-state index contributed by atoms with van der Waals surface area (Å²) in [6, 6.07) is 28.5. The van der Waals surface area contributed by atoms with Crippen LogP contribution in [0.25, 0.3) is 11.4 Å². The van der Waals surface area contributed by atoms with E-state index in [4.69, 9.17) is 9.47 Å². The highest BCUT2D eigenvalue weighted by Gasteiger charge is 2.34. The molecule has 3 aromatic carbocycles. The number of halogens is 3. The van der Waals surface area contributed by atoms with E-state index in [9.17, 15) is 13.2 Å². The van der Waals surface area contributed by atoms with Crippen LogP contribution < -0.4 is 9.47 Å². The first kappa shape index (κ1) is 27.6. The third-order valence-corrected chi connectivity index (χ3v) is 7.00. The fourth-order valence-corrected chi connectivity index (χ4v) is 4.92. The zero-order chi connectivity index (χ0) is 28.0. The first-order valence-corrected chi connectivity index (χ1v) is 13.2. The second kappa shape index (κ2) is 12.5. The van der Waals surface area contributed by atoms with Crippen molar-refractivity contribution in [3.63, 3.8) is 0 Å². The average molecular weight is 549 g/mol. The number of ether oxygens (including phenoxy) is 2. The lowest BCUT2D eigenvalue weighted by atomic mass is 9.96. The maximum absolute atomic E-state index is 13.6. The van der Waals surface area contributed by atoms with Crippen LogP contribution in [0, 0.1) is 0 Å². The van der Waals surface area contributed by atoms with Gasteiger partial charge in [0.1, 0.15) is 12.4 Å². The summed E-state index contributed by atoms with van der Waals surface area (Å²) >= 11 is 0. The zero-order valence-electron chi connectivity index (χ0n) is 22.2. The molecular weight excluding hydrogens is 517 g/mol. The minimum absolute atomic E-state index is 0.0473. The third kappa shape index (κ3) is 6.78. The summed E-state index contributed by atoms with van der Waals surface area (Å²) in [6.45, 7) is 4.18. The molecule has 0 saturated carbocycles. The van der Waals surface area contributed by atoms with E-state index in [-0.39, 0.29) is 24.4 Å². The quantitative estimate of drug-likeness (QED) is 0.257. The van der Waals surface area contributed by atoms with Gasteiger partial charge in [0.05, 0.1) is 13.2 Å². The molecule has 1 aliphatic heterocycles. The van der Waals surface area contributed by atoms with E-state index in [1.54, 1.807) is 24.3 Å². The summed E-state index contributed by atoms with van der Waals surface area (Å²) in [5.74, 6) is 0.445. The van der Waals surface area contributed by atoms with Crippen molar-refractivity contribution in [3.05, 3.63) is 108 Å². The highest BCUT2D eigenvalue weighted by atomic mass is 19.4. The Bertz CT molecular complexity index is 1320. The summed E-state index contributed by atoms with van der Waals surface area (Å²) in [5, 5.41) is 0. The molecule has 2 heterocycles. The molecule has 1 fully saturated rings. The van der Waals surface area contributed by atoms with Gasteiger partial charge in [0.2, 0.25) is 5.88 Å². The van der Waals surface area contributed by atoms with Crippen molar-refractivity contribution in [1.82, 2.24) is 19.8 Å². The Morgan fingerprint density at radius 2 is 1.40 bits per heavy atom. The molecule has 0 bridgehead atoms. The van der Waals surface area contributed by atoms with Gasteiger partial charge < -0.3 is 9.47 Å². The number of rotatable bonds is 9. The van der Waals surface area contributed by atoms with Crippen LogP contribution in [-0.4, -0.2) is 66.2 Å². The number of methoxy groups -OCH3 is 1. The predicted molar refractivity (Wildman–Crippen MR) is 147 cm³/mol. The Labute approximate surface area is 232 Å². The van der Waals surface area contributed by atoms with Gasteiger partial charge in [-0.3, -0.25) is 9.80 Å². The number of aromatic nitrogens is 2. The highest BCUT2D eigenvalue weighted by molar-refractivity contribution is 5.57. The molecule has 0 atom stereocenters. The van der Waals surface area contributed by atoms with E-state index < -0.39 is 11.9 Å². The highest BCUT2D eigenvalue weighted by Crippen LogP contribution is 2.32. The topological polar surface area (TPSA) is 50.7 Å². The third-order valence-electron chi connectivity index (χ3n) is 7.00. The van der Waals surface area contributed by atoms with E-state index in [1.165, 1.54) is 18.2 Å². The van der Waals surface area contributed by atoms with Crippen LogP contribution in [0.15, 0.2) is 91.0 Å². The molecule has 40 heavy (non-hydrogen) atoms. The largest absolute Gasteiger partial charge is 0.497 e. The number of benzene rings is 3. The van der Waals surface area contributed by atoms with Gasteiger partial charge in [0.15, 0.2) is 11.5 Å². The normalized spacial score (nSPS) is 14.8. The van der Waals surface area contributed by atoms with Crippen molar-refractivity contribution >= 4 is 0 Å². The maximum Gasteiger partial charge on any atom is 0.433 e. The minimum atomic E-state index is -4.62. The van der Waals surface area contributed by atoms with Crippen molar-refractivity contribution in [2.24, 2.45) is 0 Å². The summed E-state index contributed by atoms with van der Waals surface area (Å²) in [6.07, 6.45) is -4.62. The lowest BCUT2D eigenvalue weighted by Crippen LogP contribution is -2.48. The molecule has 4 aromatic rings. The van der Waals surface area contributed by atoms with Gasteiger partial charge in [-0.1, -0.05) is 60.7 Å². The minimum Gasteiger partial charge on any atom is -0.497 e. The summed E-state index contributed by atoms with van der Waals surface area (Å²) in [4.78, 5) is 12.7. The van der Waals surface area contributed by atoms with Crippen LogP contribution >= 0.6 is 0 Å². The number of piperazine rings is 1. The van der Waals surface area contributed by atoms with Gasteiger partial charge in [-0.05, 0) is 35.4 Å². The molecule has 6 nitrogen and oxygen atoms in total. The molecule has 0 spiro atoms. The smallest absolute Gasteiger partial charge is 0.433 e. The number of hydrogen-bond donors (Lipinski definition) is 0. The van der Waals surface area contributed by atoms with E-state index in [0.29, 0.717) is 17.9 Å². The van der Waals surface area contributed by atoms with Crippen molar-refractivity contribution in [2.45, 2.75) is 12.2 Å². The van der Waals surface area contributed by atoms with E-state index in [0.717, 1.165) is 32.2 Å².